The van der Waals surface area contributed by atoms with Crippen molar-refractivity contribution in [1.82, 2.24) is 5.32 Å². The van der Waals surface area contributed by atoms with Crippen molar-refractivity contribution in [3.05, 3.63) is 0 Å². The van der Waals surface area contributed by atoms with Crippen LogP contribution in [0.25, 0.3) is 0 Å². The van der Waals surface area contributed by atoms with Crippen LogP contribution in [0.15, 0.2) is 0 Å². The molecule has 0 aromatic rings. The van der Waals surface area contributed by atoms with Gasteiger partial charge in [-0.2, -0.15) is 11.8 Å². The van der Waals surface area contributed by atoms with Crippen LogP contribution >= 0.6 is 11.8 Å². The van der Waals surface area contributed by atoms with E-state index in [-0.39, 0.29) is 6.42 Å². The zero-order valence-electron chi connectivity index (χ0n) is 14.1. The number of carboxylic acids is 1. The zero-order valence-corrected chi connectivity index (χ0v) is 15.0. The minimum atomic E-state index is -1.09. The lowest BCUT2D eigenvalue weighted by Crippen LogP contribution is -2.43. The van der Waals surface area contributed by atoms with Crippen molar-refractivity contribution in [3.8, 4) is 0 Å². The molecule has 0 heterocycles. The van der Waals surface area contributed by atoms with Gasteiger partial charge in [-0.1, -0.05) is 13.8 Å². The number of hydrogen-bond donors (Lipinski definition) is 3. The van der Waals surface area contributed by atoms with Gasteiger partial charge in [-0.05, 0) is 45.8 Å². The molecule has 1 unspecified atom stereocenters. The van der Waals surface area contributed by atoms with E-state index in [0.29, 0.717) is 24.3 Å². The summed E-state index contributed by atoms with van der Waals surface area (Å²) >= 11 is 1.49. The smallest absolute Gasteiger partial charge is 0.408 e. The molecule has 1 amide bonds. The highest BCUT2D eigenvalue weighted by Gasteiger charge is 2.25. The Kier molecular flexibility index (Phi) is 8.85. The standard InChI is InChI=1S/C15H29NO5S/c1-6-15(20,7-2)10-22-9-8-11(12(17)18)16-13(19)21-14(3,4)5/h11,20H,6-10H2,1-5H3,(H,16,19)(H,17,18). The molecule has 3 N–H and O–H groups in total. The van der Waals surface area contributed by atoms with Crippen molar-refractivity contribution >= 4 is 23.8 Å². The third-order valence-electron chi connectivity index (χ3n) is 3.23. The number of carboxylic acid groups (broad SMARTS) is 1. The summed E-state index contributed by atoms with van der Waals surface area (Å²) in [6.45, 7) is 9.00. The van der Waals surface area contributed by atoms with Crippen LogP contribution < -0.4 is 5.32 Å². The van der Waals surface area contributed by atoms with Crippen molar-refractivity contribution in [2.45, 2.75) is 71.1 Å². The van der Waals surface area contributed by atoms with Crippen LogP contribution in [0.1, 0.15) is 53.9 Å². The quantitative estimate of drug-likeness (QED) is 0.561. The fourth-order valence-electron chi connectivity index (χ4n) is 1.62. The molecule has 0 radical (unpaired) electrons. The zero-order chi connectivity index (χ0) is 17.4. The van der Waals surface area contributed by atoms with E-state index in [0.717, 1.165) is 0 Å². The number of amides is 1. The van der Waals surface area contributed by atoms with Gasteiger partial charge < -0.3 is 20.3 Å². The van der Waals surface area contributed by atoms with Gasteiger partial charge in [-0.15, -0.1) is 0 Å². The second-order valence-electron chi connectivity index (χ2n) is 6.31. The molecule has 130 valence electrons. The lowest BCUT2D eigenvalue weighted by atomic mass is 10.0. The molecule has 0 saturated heterocycles. The van der Waals surface area contributed by atoms with Gasteiger partial charge in [-0.3, -0.25) is 0 Å². The summed E-state index contributed by atoms with van der Waals surface area (Å²) in [6, 6.07) is -0.987. The van der Waals surface area contributed by atoms with E-state index in [1.807, 2.05) is 13.8 Å². The van der Waals surface area contributed by atoms with Gasteiger partial charge in [0, 0.05) is 5.75 Å². The fourth-order valence-corrected chi connectivity index (χ4v) is 2.96. The van der Waals surface area contributed by atoms with Crippen molar-refractivity contribution in [1.29, 1.82) is 0 Å². The number of hydrogen-bond acceptors (Lipinski definition) is 5. The molecule has 0 aromatic heterocycles. The summed E-state index contributed by atoms with van der Waals surface area (Å²) in [5, 5.41) is 21.7. The Hall–Kier alpha value is -0.950. The van der Waals surface area contributed by atoms with E-state index < -0.39 is 29.3 Å². The van der Waals surface area contributed by atoms with E-state index in [4.69, 9.17) is 9.84 Å². The summed E-state index contributed by atoms with van der Waals surface area (Å²) in [4.78, 5) is 22.8. The van der Waals surface area contributed by atoms with Gasteiger partial charge in [0.25, 0.3) is 0 Å². The minimum absolute atomic E-state index is 0.281. The number of thioether (sulfide) groups is 1. The van der Waals surface area contributed by atoms with Crippen molar-refractivity contribution in [2.24, 2.45) is 0 Å². The van der Waals surface area contributed by atoms with Gasteiger partial charge in [-0.25, -0.2) is 9.59 Å². The number of ether oxygens (including phenoxy) is 1. The average molecular weight is 335 g/mol. The number of carbonyl (C=O) groups excluding carboxylic acids is 1. The highest BCUT2D eigenvalue weighted by atomic mass is 32.2. The molecule has 7 heteroatoms. The molecule has 0 aliphatic carbocycles. The topological polar surface area (TPSA) is 95.9 Å². The van der Waals surface area contributed by atoms with Gasteiger partial charge in [0.05, 0.1) is 5.60 Å². The number of carbonyl (C=O) groups is 2. The average Bonchev–Trinajstić information content (AvgIpc) is 2.39. The van der Waals surface area contributed by atoms with Crippen LogP contribution in [0.3, 0.4) is 0 Å². The van der Waals surface area contributed by atoms with E-state index in [1.165, 1.54) is 11.8 Å². The summed E-state index contributed by atoms with van der Waals surface area (Å²) in [5.41, 5.74) is -1.37. The number of rotatable bonds is 9. The van der Waals surface area contributed by atoms with Crippen molar-refractivity contribution < 1.29 is 24.5 Å². The predicted molar refractivity (Wildman–Crippen MR) is 88.3 cm³/mol. The Morgan fingerprint density at radius 2 is 1.77 bits per heavy atom. The molecular weight excluding hydrogens is 306 g/mol. The van der Waals surface area contributed by atoms with Crippen LogP contribution in [-0.4, -0.2) is 51.0 Å². The Morgan fingerprint density at radius 1 is 1.23 bits per heavy atom. The Labute approximate surface area is 137 Å². The van der Waals surface area contributed by atoms with Crippen LogP contribution in [0, 0.1) is 0 Å². The molecule has 0 rings (SSSR count). The van der Waals surface area contributed by atoms with Gasteiger partial charge in [0.1, 0.15) is 11.6 Å². The lowest BCUT2D eigenvalue weighted by Gasteiger charge is -2.25. The van der Waals surface area contributed by atoms with Crippen molar-refractivity contribution in [2.75, 3.05) is 11.5 Å². The Bertz CT molecular complexity index is 363. The number of nitrogens with one attached hydrogen (secondary N) is 1. The third-order valence-corrected chi connectivity index (χ3v) is 4.49. The Morgan fingerprint density at radius 3 is 2.18 bits per heavy atom. The van der Waals surface area contributed by atoms with Crippen molar-refractivity contribution in [3.63, 3.8) is 0 Å². The van der Waals surface area contributed by atoms with E-state index in [9.17, 15) is 14.7 Å². The SMILES string of the molecule is CCC(O)(CC)CSCCC(NC(=O)OC(C)(C)C)C(=O)O. The maximum Gasteiger partial charge on any atom is 0.408 e. The molecule has 0 aromatic carbocycles. The normalized spacial score (nSPS) is 13.5. The van der Waals surface area contributed by atoms with Crippen LogP contribution in [0.2, 0.25) is 0 Å². The highest BCUT2D eigenvalue weighted by molar-refractivity contribution is 7.99. The molecule has 0 spiro atoms. The summed E-state index contributed by atoms with van der Waals surface area (Å²) < 4.78 is 5.05. The van der Waals surface area contributed by atoms with Crippen LogP contribution in [0.5, 0.6) is 0 Å². The van der Waals surface area contributed by atoms with Gasteiger partial charge >= 0.3 is 12.1 Å². The second kappa shape index (κ2) is 9.25. The molecule has 0 bridgehead atoms. The molecule has 6 nitrogen and oxygen atoms in total. The lowest BCUT2D eigenvalue weighted by molar-refractivity contribution is -0.139. The first-order valence-electron chi connectivity index (χ1n) is 7.55. The second-order valence-corrected chi connectivity index (χ2v) is 7.41. The number of alkyl carbamates (subject to hydrolysis) is 1. The molecule has 1 atom stereocenters. The molecule has 0 aliphatic heterocycles. The third kappa shape index (κ3) is 9.15. The molecule has 0 aliphatic rings. The summed E-state index contributed by atoms with van der Waals surface area (Å²) in [6.07, 6.45) is 0.871. The summed E-state index contributed by atoms with van der Waals surface area (Å²) in [5.74, 6) is 0.00103. The highest BCUT2D eigenvalue weighted by Crippen LogP contribution is 2.21. The molecule has 0 saturated carbocycles. The minimum Gasteiger partial charge on any atom is -0.480 e. The van der Waals surface area contributed by atoms with E-state index in [2.05, 4.69) is 5.32 Å². The first kappa shape index (κ1) is 21.0. The molecule has 0 fully saturated rings. The Balaban J connectivity index is 4.27. The number of aliphatic carboxylic acids is 1. The fraction of sp³-hybridized carbons (Fsp3) is 0.867. The first-order valence-corrected chi connectivity index (χ1v) is 8.71. The number of aliphatic hydroxyl groups is 1. The van der Waals surface area contributed by atoms with Gasteiger partial charge in [0.15, 0.2) is 0 Å². The maximum atomic E-state index is 11.6. The largest absolute Gasteiger partial charge is 0.480 e. The molecular formula is C15H29NO5S. The van der Waals surface area contributed by atoms with Crippen LogP contribution in [-0.2, 0) is 9.53 Å². The van der Waals surface area contributed by atoms with E-state index >= 15 is 0 Å². The maximum absolute atomic E-state index is 11.6. The van der Waals surface area contributed by atoms with Gasteiger partial charge in [0.2, 0.25) is 0 Å². The first-order chi connectivity index (χ1) is 10.0. The summed E-state index contributed by atoms with van der Waals surface area (Å²) in [7, 11) is 0. The predicted octanol–water partition coefficient (Wildman–Crippen LogP) is 2.64. The monoisotopic (exact) mass is 335 g/mol. The van der Waals surface area contributed by atoms with E-state index in [1.54, 1.807) is 20.8 Å². The van der Waals surface area contributed by atoms with Crippen LogP contribution in [0.4, 0.5) is 4.79 Å². The molecule has 22 heavy (non-hydrogen) atoms.